The molecule has 23 heavy (non-hydrogen) atoms. The molecule has 0 radical (unpaired) electrons. The predicted octanol–water partition coefficient (Wildman–Crippen LogP) is 2.78. The summed E-state index contributed by atoms with van der Waals surface area (Å²) in [5.41, 5.74) is -0.989. The van der Waals surface area contributed by atoms with E-state index in [1.165, 1.54) is 6.07 Å². The van der Waals surface area contributed by atoms with Crippen molar-refractivity contribution in [3.63, 3.8) is 0 Å². The topological polar surface area (TPSA) is 55.8 Å². The van der Waals surface area contributed by atoms with Crippen LogP contribution < -0.4 is 5.46 Å². The molecule has 6 heteroatoms. The minimum Gasteiger partial charge on any atom is -0.481 e. The Hall–Kier alpha value is -1.40. The average molecular weight is 322 g/mol. The molecule has 0 unspecified atom stereocenters. The lowest BCUT2D eigenvalue weighted by atomic mass is 9.76. The Kier molecular flexibility index (Phi) is 4.37. The monoisotopic (exact) mass is 322 g/mol. The highest BCUT2D eigenvalue weighted by Gasteiger charge is 2.52. The van der Waals surface area contributed by atoms with Crippen LogP contribution in [0.25, 0.3) is 0 Å². The maximum absolute atomic E-state index is 14.2. The maximum atomic E-state index is 14.2. The average Bonchev–Trinajstić information content (AvgIpc) is 2.60. The number of halogens is 1. The summed E-state index contributed by atoms with van der Waals surface area (Å²) < 4.78 is 26.0. The van der Waals surface area contributed by atoms with Gasteiger partial charge >= 0.3 is 13.1 Å². The third-order valence-electron chi connectivity index (χ3n) is 4.79. The van der Waals surface area contributed by atoms with E-state index in [2.05, 4.69) is 0 Å². The number of carbonyl (C=O) groups is 1. The number of rotatable bonds is 4. The van der Waals surface area contributed by atoms with Crippen molar-refractivity contribution < 1.29 is 23.6 Å². The molecule has 1 aromatic carbocycles. The van der Waals surface area contributed by atoms with Crippen LogP contribution in [0.5, 0.6) is 0 Å². The Morgan fingerprint density at radius 3 is 2.22 bits per heavy atom. The van der Waals surface area contributed by atoms with Crippen LogP contribution in [-0.4, -0.2) is 29.4 Å². The fraction of sp³-hybridized carbons (Fsp3) is 0.588. The minimum absolute atomic E-state index is 0.301. The minimum atomic E-state index is -0.926. The van der Waals surface area contributed by atoms with Crippen molar-refractivity contribution >= 4 is 18.6 Å². The molecule has 1 N–H and O–H groups in total. The second kappa shape index (κ2) is 5.60. The molecule has 0 aliphatic carbocycles. The fourth-order valence-electron chi connectivity index (χ4n) is 2.44. The lowest BCUT2D eigenvalue weighted by Gasteiger charge is -2.32. The summed E-state index contributed by atoms with van der Waals surface area (Å²) >= 11 is 0. The molecule has 1 fully saturated rings. The summed E-state index contributed by atoms with van der Waals surface area (Å²) in [4.78, 5) is 11.3. The van der Waals surface area contributed by atoms with Gasteiger partial charge in [-0.15, -0.1) is 0 Å². The molecule has 1 aliphatic rings. The van der Waals surface area contributed by atoms with E-state index < -0.39 is 35.5 Å². The van der Waals surface area contributed by atoms with E-state index in [9.17, 15) is 14.3 Å². The van der Waals surface area contributed by atoms with Gasteiger partial charge in [-0.3, -0.25) is 4.79 Å². The molecule has 1 heterocycles. The van der Waals surface area contributed by atoms with Gasteiger partial charge in [0.05, 0.1) is 16.6 Å². The Balaban J connectivity index is 2.31. The molecule has 0 bridgehead atoms. The van der Waals surface area contributed by atoms with Crippen molar-refractivity contribution in [2.75, 3.05) is 0 Å². The van der Waals surface area contributed by atoms with Crippen LogP contribution in [0.4, 0.5) is 4.39 Å². The first-order valence-electron chi connectivity index (χ1n) is 7.73. The second-order valence-electron chi connectivity index (χ2n) is 7.81. The highest BCUT2D eigenvalue weighted by atomic mass is 19.1. The summed E-state index contributed by atoms with van der Waals surface area (Å²) in [6.07, 6.45) is 0.301. The second-order valence-corrected chi connectivity index (χ2v) is 7.81. The van der Waals surface area contributed by atoms with E-state index in [1.807, 2.05) is 27.7 Å². The van der Waals surface area contributed by atoms with Crippen LogP contribution in [-0.2, 0) is 20.5 Å². The predicted molar refractivity (Wildman–Crippen MR) is 87.2 cm³/mol. The van der Waals surface area contributed by atoms with Gasteiger partial charge in [-0.2, -0.15) is 0 Å². The quantitative estimate of drug-likeness (QED) is 0.866. The van der Waals surface area contributed by atoms with Crippen molar-refractivity contribution in [2.24, 2.45) is 5.41 Å². The van der Waals surface area contributed by atoms with E-state index in [-0.39, 0.29) is 0 Å². The maximum Gasteiger partial charge on any atom is 0.497 e. The first-order valence-corrected chi connectivity index (χ1v) is 7.73. The molecule has 126 valence electrons. The first kappa shape index (κ1) is 18.0. The molecule has 0 saturated carbocycles. The number of hydrogen-bond acceptors (Lipinski definition) is 3. The van der Waals surface area contributed by atoms with Crippen LogP contribution in [0.2, 0.25) is 0 Å². The van der Waals surface area contributed by atoms with Gasteiger partial charge in [0, 0.05) is 5.46 Å². The molecule has 0 atom stereocenters. The van der Waals surface area contributed by atoms with Gasteiger partial charge in [0.25, 0.3) is 0 Å². The Morgan fingerprint density at radius 2 is 1.74 bits per heavy atom. The van der Waals surface area contributed by atoms with Crippen molar-refractivity contribution in [3.8, 4) is 0 Å². The molecule has 0 aromatic heterocycles. The van der Waals surface area contributed by atoms with Crippen LogP contribution in [0.15, 0.2) is 18.2 Å². The molecule has 0 amide bonds. The molecular weight excluding hydrogens is 298 g/mol. The smallest absolute Gasteiger partial charge is 0.481 e. The Bertz CT molecular complexity index is 609. The third kappa shape index (κ3) is 3.43. The van der Waals surface area contributed by atoms with Crippen LogP contribution >= 0.6 is 0 Å². The molecule has 1 aromatic rings. The summed E-state index contributed by atoms with van der Waals surface area (Å²) in [5.74, 6) is -1.31. The van der Waals surface area contributed by atoms with E-state index >= 15 is 0 Å². The summed E-state index contributed by atoms with van der Waals surface area (Å²) in [5, 5.41) is 9.25. The zero-order valence-corrected chi connectivity index (χ0v) is 14.6. The van der Waals surface area contributed by atoms with Gasteiger partial charge in [0.2, 0.25) is 0 Å². The van der Waals surface area contributed by atoms with E-state index in [1.54, 1.807) is 26.0 Å². The van der Waals surface area contributed by atoms with E-state index in [4.69, 9.17) is 9.31 Å². The van der Waals surface area contributed by atoms with E-state index in [0.29, 0.717) is 11.9 Å². The molecule has 4 nitrogen and oxygen atoms in total. The lowest BCUT2D eigenvalue weighted by Crippen LogP contribution is -2.41. The van der Waals surface area contributed by atoms with Gasteiger partial charge < -0.3 is 14.4 Å². The van der Waals surface area contributed by atoms with Crippen LogP contribution in [0, 0.1) is 11.2 Å². The lowest BCUT2D eigenvalue weighted by molar-refractivity contribution is -0.146. The van der Waals surface area contributed by atoms with Crippen molar-refractivity contribution in [1.29, 1.82) is 0 Å². The SMILES string of the molecule is CC(C)(Cc1ccc(F)c(B2OC(C)(C)C(C)(C)O2)c1)C(=O)O. The highest BCUT2D eigenvalue weighted by molar-refractivity contribution is 6.62. The van der Waals surface area contributed by atoms with Gasteiger partial charge in [0.15, 0.2) is 0 Å². The number of benzene rings is 1. The number of carboxylic acids is 1. The Labute approximate surface area is 137 Å². The van der Waals surface area contributed by atoms with Gasteiger partial charge in [0.1, 0.15) is 5.82 Å². The summed E-state index contributed by atoms with van der Waals surface area (Å²) in [6, 6.07) is 4.59. The zero-order valence-electron chi connectivity index (χ0n) is 14.6. The molecule has 1 saturated heterocycles. The van der Waals surface area contributed by atoms with Gasteiger partial charge in [-0.25, -0.2) is 4.39 Å². The van der Waals surface area contributed by atoms with Crippen LogP contribution in [0.1, 0.15) is 47.1 Å². The van der Waals surface area contributed by atoms with Crippen molar-refractivity contribution in [3.05, 3.63) is 29.6 Å². The van der Waals surface area contributed by atoms with Gasteiger partial charge in [-0.05, 0) is 59.6 Å². The molecule has 1 aliphatic heterocycles. The zero-order chi connectivity index (χ0) is 17.6. The first-order chi connectivity index (χ1) is 10.4. The van der Waals surface area contributed by atoms with Crippen molar-refractivity contribution in [2.45, 2.75) is 59.2 Å². The third-order valence-corrected chi connectivity index (χ3v) is 4.79. The van der Waals surface area contributed by atoms with Gasteiger partial charge in [-0.1, -0.05) is 12.1 Å². The van der Waals surface area contributed by atoms with Crippen LogP contribution in [0.3, 0.4) is 0 Å². The normalized spacial score (nSPS) is 19.9. The Morgan fingerprint density at radius 1 is 1.22 bits per heavy atom. The van der Waals surface area contributed by atoms with E-state index in [0.717, 1.165) is 5.56 Å². The summed E-state index contributed by atoms with van der Waals surface area (Å²) in [6.45, 7) is 10.9. The van der Waals surface area contributed by atoms with Crippen molar-refractivity contribution in [1.82, 2.24) is 0 Å². The molecule has 0 spiro atoms. The number of carboxylic acid groups (broad SMARTS) is 1. The number of aliphatic carboxylic acids is 1. The standard InChI is InChI=1S/C17H24BFO4/c1-15(2,14(20)21)10-11-7-8-13(19)12(9-11)18-22-16(3,4)17(5,6)23-18/h7-9H,10H2,1-6H3,(H,20,21). The molecule has 2 rings (SSSR count). The fourth-order valence-corrected chi connectivity index (χ4v) is 2.44. The highest BCUT2D eigenvalue weighted by Crippen LogP contribution is 2.36. The molecular formula is C17H24BFO4. The summed E-state index contributed by atoms with van der Waals surface area (Å²) in [7, 11) is -0.798. The number of hydrogen-bond donors (Lipinski definition) is 1. The largest absolute Gasteiger partial charge is 0.497 e.